The van der Waals surface area contributed by atoms with Gasteiger partial charge in [0.25, 0.3) is 5.91 Å². The van der Waals surface area contributed by atoms with Gasteiger partial charge in [-0.1, -0.05) is 11.6 Å². The first kappa shape index (κ1) is 19.7. The number of H-pyrrole nitrogens is 1. The Morgan fingerprint density at radius 1 is 1.30 bits per heavy atom. The van der Waals surface area contributed by atoms with Gasteiger partial charge in [0.1, 0.15) is 31.9 Å². The molecule has 3 rings (SSSR count). The molecule has 1 atom stereocenters. The van der Waals surface area contributed by atoms with Gasteiger partial charge in [0.05, 0.1) is 19.3 Å². The summed E-state index contributed by atoms with van der Waals surface area (Å²) in [6.07, 6.45) is 0. The molecule has 0 unspecified atom stereocenters. The quantitative estimate of drug-likeness (QED) is 0.527. The van der Waals surface area contributed by atoms with E-state index < -0.39 is 5.97 Å². The van der Waals surface area contributed by atoms with E-state index in [0.717, 1.165) is 38.2 Å². The van der Waals surface area contributed by atoms with Crippen LogP contribution in [-0.2, 0) is 9.53 Å². The number of amides is 1. The van der Waals surface area contributed by atoms with Crippen molar-refractivity contribution in [2.24, 2.45) is 0 Å². The molecule has 1 aromatic heterocycles. The number of hydrogen-bond donors (Lipinski definition) is 4. The number of benzene rings is 1. The number of quaternary nitrogens is 2. The Hall–Kier alpha value is -2.09. The molecule has 2 aromatic rings. The molecule has 0 spiro atoms. The zero-order valence-electron chi connectivity index (χ0n) is 15.9. The third-order valence-electron chi connectivity index (χ3n) is 5.50. The maximum Gasteiger partial charge on any atom is 0.356 e. The zero-order chi connectivity index (χ0) is 19.6. The van der Waals surface area contributed by atoms with Crippen molar-refractivity contribution in [3.05, 3.63) is 28.9 Å². The number of aromatic nitrogens is 1. The first-order valence-electron chi connectivity index (χ1n) is 9.33. The summed E-state index contributed by atoms with van der Waals surface area (Å²) < 4.78 is 4.86. The number of likely N-dealkylation sites (N-methyl/N-ethyl adjacent to an activating group) is 1. The minimum absolute atomic E-state index is 0.115. The number of nitrogens with one attached hydrogen (secondary N) is 4. The van der Waals surface area contributed by atoms with E-state index in [1.807, 2.05) is 6.92 Å². The van der Waals surface area contributed by atoms with Gasteiger partial charge >= 0.3 is 5.97 Å². The van der Waals surface area contributed by atoms with Crippen LogP contribution in [0.5, 0.6) is 0 Å². The molecule has 0 aliphatic carbocycles. The van der Waals surface area contributed by atoms with Crippen LogP contribution in [0.3, 0.4) is 0 Å². The van der Waals surface area contributed by atoms with E-state index in [9.17, 15) is 9.59 Å². The smallest absolute Gasteiger partial charge is 0.356 e. The van der Waals surface area contributed by atoms with E-state index in [2.05, 4.69) is 17.2 Å². The predicted molar refractivity (Wildman–Crippen MR) is 105 cm³/mol. The lowest BCUT2D eigenvalue weighted by molar-refractivity contribution is -1.02. The summed E-state index contributed by atoms with van der Waals surface area (Å²) >= 11 is 6.11. The monoisotopic (exact) mass is 394 g/mol. The lowest BCUT2D eigenvalue weighted by Gasteiger charge is -2.32. The number of fused-ring (bicyclic) bond motifs is 1. The lowest BCUT2D eigenvalue weighted by Crippen LogP contribution is -3.29. The van der Waals surface area contributed by atoms with Crippen molar-refractivity contribution in [2.75, 3.05) is 45.2 Å². The number of esters is 1. The average molecular weight is 395 g/mol. The highest BCUT2D eigenvalue weighted by atomic mass is 35.5. The van der Waals surface area contributed by atoms with E-state index >= 15 is 0 Å². The first-order chi connectivity index (χ1) is 12.9. The number of aromatic amines is 1. The van der Waals surface area contributed by atoms with Crippen LogP contribution in [-0.4, -0.2) is 62.7 Å². The standard InChI is InChI=1S/C19H25ClN4O3/c1-4-23-7-9-24(10-8-23)12(2)18(25)22-16-14-11-13(20)5-6-15(14)21-17(16)19(26)27-3/h5-6,11-12,21H,4,7-10H2,1-3H3,(H,22,25)/p+2/t12-/m1/s1. The SMILES string of the molecule is CC[NH+]1CC[NH+]([C@H](C)C(=O)Nc2c(C(=O)OC)[nH]c3ccc(Cl)cc23)CC1. The molecule has 146 valence electrons. The fourth-order valence-corrected chi connectivity index (χ4v) is 3.85. The maximum absolute atomic E-state index is 12.9. The molecule has 4 N–H and O–H groups in total. The largest absolute Gasteiger partial charge is 0.464 e. The molecular formula is C19H27ClN4O3+2. The molecule has 1 aromatic carbocycles. The summed E-state index contributed by atoms with van der Waals surface area (Å²) in [5, 5.41) is 4.17. The second-order valence-corrected chi connectivity index (χ2v) is 7.47. The van der Waals surface area contributed by atoms with Gasteiger partial charge in [-0.25, -0.2) is 4.79 Å². The van der Waals surface area contributed by atoms with Gasteiger partial charge in [0.15, 0.2) is 6.04 Å². The lowest BCUT2D eigenvalue weighted by atomic mass is 10.2. The van der Waals surface area contributed by atoms with Gasteiger partial charge in [-0.2, -0.15) is 0 Å². The number of hydrogen-bond acceptors (Lipinski definition) is 3. The summed E-state index contributed by atoms with van der Waals surface area (Å²) in [5.41, 5.74) is 1.37. The average Bonchev–Trinajstić information content (AvgIpc) is 3.04. The van der Waals surface area contributed by atoms with Gasteiger partial charge in [-0.05, 0) is 32.0 Å². The molecule has 27 heavy (non-hydrogen) atoms. The van der Waals surface area contributed by atoms with Gasteiger partial charge in [0, 0.05) is 15.9 Å². The number of carbonyl (C=O) groups is 2. The molecule has 0 bridgehead atoms. The third kappa shape index (κ3) is 4.10. The number of anilines is 1. The van der Waals surface area contributed by atoms with Crippen LogP contribution in [0.2, 0.25) is 5.02 Å². The molecule has 8 heteroatoms. The van der Waals surface area contributed by atoms with Crippen molar-refractivity contribution in [1.82, 2.24) is 4.98 Å². The highest BCUT2D eigenvalue weighted by molar-refractivity contribution is 6.31. The van der Waals surface area contributed by atoms with Crippen LogP contribution < -0.4 is 15.1 Å². The molecule has 1 amide bonds. The second-order valence-electron chi connectivity index (χ2n) is 7.03. The number of piperazine rings is 1. The topological polar surface area (TPSA) is 80.1 Å². The summed E-state index contributed by atoms with van der Waals surface area (Å²) in [5.74, 6) is -0.645. The first-order valence-corrected chi connectivity index (χ1v) is 9.71. The normalized spacial score (nSPS) is 21.0. The van der Waals surface area contributed by atoms with E-state index in [1.165, 1.54) is 12.0 Å². The summed E-state index contributed by atoms with van der Waals surface area (Å²) in [6.45, 7) is 9.29. The summed E-state index contributed by atoms with van der Waals surface area (Å²) in [6, 6.07) is 5.03. The summed E-state index contributed by atoms with van der Waals surface area (Å²) in [7, 11) is 1.31. The number of methoxy groups -OCH3 is 1. The van der Waals surface area contributed by atoms with Gasteiger partial charge in [-0.3, -0.25) is 4.79 Å². The predicted octanol–water partition coefficient (Wildman–Crippen LogP) is -0.262. The Balaban J connectivity index is 1.83. The van der Waals surface area contributed by atoms with E-state index in [-0.39, 0.29) is 17.6 Å². The molecule has 1 aliphatic heterocycles. The number of carbonyl (C=O) groups excluding carboxylic acids is 2. The van der Waals surface area contributed by atoms with Crippen LogP contribution in [0.1, 0.15) is 24.3 Å². The molecule has 7 nitrogen and oxygen atoms in total. The number of halogens is 1. The fraction of sp³-hybridized carbons (Fsp3) is 0.474. The van der Waals surface area contributed by atoms with Gasteiger partial charge < -0.3 is 24.8 Å². The van der Waals surface area contributed by atoms with E-state index in [4.69, 9.17) is 16.3 Å². The van der Waals surface area contributed by atoms with Crippen LogP contribution in [0, 0.1) is 0 Å². The Labute approximate surface area is 163 Å². The molecular weight excluding hydrogens is 368 g/mol. The van der Waals surface area contributed by atoms with E-state index in [1.54, 1.807) is 23.1 Å². The van der Waals surface area contributed by atoms with Crippen LogP contribution >= 0.6 is 11.6 Å². The van der Waals surface area contributed by atoms with Gasteiger partial charge in [-0.15, -0.1) is 0 Å². The zero-order valence-corrected chi connectivity index (χ0v) is 16.7. The maximum atomic E-state index is 12.9. The second kappa shape index (κ2) is 8.29. The number of rotatable bonds is 5. The molecule has 2 heterocycles. The molecule has 1 saturated heterocycles. The molecule has 1 fully saturated rings. The Morgan fingerprint density at radius 2 is 2.00 bits per heavy atom. The molecule has 1 aliphatic rings. The van der Waals surface area contributed by atoms with Crippen molar-refractivity contribution in [2.45, 2.75) is 19.9 Å². The fourth-order valence-electron chi connectivity index (χ4n) is 3.68. The number of ether oxygens (including phenoxy) is 1. The van der Waals surface area contributed by atoms with Crippen molar-refractivity contribution >= 4 is 40.1 Å². The van der Waals surface area contributed by atoms with Crippen LogP contribution in [0.4, 0.5) is 5.69 Å². The van der Waals surface area contributed by atoms with Crippen LogP contribution in [0.25, 0.3) is 10.9 Å². The minimum Gasteiger partial charge on any atom is -0.464 e. The van der Waals surface area contributed by atoms with Crippen molar-refractivity contribution in [1.29, 1.82) is 0 Å². The minimum atomic E-state index is -0.530. The molecule has 0 saturated carbocycles. The third-order valence-corrected chi connectivity index (χ3v) is 5.74. The van der Waals surface area contributed by atoms with Crippen molar-refractivity contribution in [3.8, 4) is 0 Å². The summed E-state index contributed by atoms with van der Waals surface area (Å²) in [4.78, 5) is 30.9. The highest BCUT2D eigenvalue weighted by Gasteiger charge is 2.32. The van der Waals surface area contributed by atoms with Crippen molar-refractivity contribution in [3.63, 3.8) is 0 Å². The van der Waals surface area contributed by atoms with Crippen LogP contribution in [0.15, 0.2) is 18.2 Å². The van der Waals surface area contributed by atoms with Gasteiger partial charge in [0.2, 0.25) is 0 Å². The van der Waals surface area contributed by atoms with Crippen molar-refractivity contribution < 1.29 is 24.1 Å². The Kier molecular flexibility index (Phi) is 6.04. The molecule has 0 radical (unpaired) electrons. The Bertz CT molecular complexity index is 843. The van der Waals surface area contributed by atoms with E-state index in [0.29, 0.717) is 16.1 Å². The Morgan fingerprint density at radius 3 is 2.63 bits per heavy atom. The highest BCUT2D eigenvalue weighted by Crippen LogP contribution is 2.30.